The van der Waals surface area contributed by atoms with Gasteiger partial charge in [-0.2, -0.15) is 0 Å². The number of thiophene rings is 1. The Morgan fingerprint density at radius 2 is 2.18 bits per heavy atom. The summed E-state index contributed by atoms with van der Waals surface area (Å²) in [7, 11) is 0. The van der Waals surface area contributed by atoms with Gasteiger partial charge in [0.15, 0.2) is 0 Å². The molecule has 1 unspecified atom stereocenters. The molecule has 2 heterocycles. The van der Waals surface area contributed by atoms with Crippen molar-refractivity contribution >= 4 is 27.3 Å². The molecule has 0 fully saturated rings. The molecule has 88 valence electrons. The third-order valence-corrected chi connectivity index (χ3v) is 4.58. The minimum atomic E-state index is -0.598. The van der Waals surface area contributed by atoms with E-state index in [1.807, 2.05) is 24.3 Å². The van der Waals surface area contributed by atoms with E-state index >= 15 is 0 Å². The molecule has 0 saturated heterocycles. The van der Waals surface area contributed by atoms with Gasteiger partial charge in [-0.15, -0.1) is 11.3 Å². The number of rotatable bonds is 2. The third-order valence-electron chi connectivity index (χ3n) is 2.90. The van der Waals surface area contributed by atoms with Crippen LogP contribution in [-0.4, -0.2) is 11.7 Å². The summed E-state index contributed by atoms with van der Waals surface area (Å²) in [6.45, 7) is 0.715. The Morgan fingerprint density at radius 3 is 2.94 bits per heavy atom. The van der Waals surface area contributed by atoms with Gasteiger partial charge in [0, 0.05) is 16.9 Å². The van der Waals surface area contributed by atoms with Gasteiger partial charge < -0.3 is 9.84 Å². The first-order valence-electron chi connectivity index (χ1n) is 5.43. The Labute approximate surface area is 112 Å². The van der Waals surface area contributed by atoms with E-state index in [1.165, 1.54) is 5.56 Å². The molecule has 4 heteroatoms. The van der Waals surface area contributed by atoms with Crippen molar-refractivity contribution in [1.82, 2.24) is 0 Å². The van der Waals surface area contributed by atoms with Gasteiger partial charge in [-0.3, -0.25) is 0 Å². The summed E-state index contributed by atoms with van der Waals surface area (Å²) in [5, 5.41) is 10.4. The fourth-order valence-electron chi connectivity index (χ4n) is 2.08. The molecular formula is C13H11BrO2S. The van der Waals surface area contributed by atoms with Crippen LogP contribution in [0.3, 0.4) is 0 Å². The maximum Gasteiger partial charge on any atom is 0.128 e. The second-order valence-electron chi connectivity index (χ2n) is 3.98. The van der Waals surface area contributed by atoms with E-state index in [0.29, 0.717) is 6.61 Å². The van der Waals surface area contributed by atoms with Crippen LogP contribution < -0.4 is 4.74 Å². The molecule has 1 aliphatic rings. The summed E-state index contributed by atoms with van der Waals surface area (Å²) in [5.74, 6) is 0.865. The maximum absolute atomic E-state index is 10.4. The monoisotopic (exact) mass is 310 g/mol. The van der Waals surface area contributed by atoms with Crippen molar-refractivity contribution in [3.63, 3.8) is 0 Å². The Bertz CT molecular complexity index is 550. The lowest BCUT2D eigenvalue weighted by atomic mass is 10.0. The zero-order valence-electron chi connectivity index (χ0n) is 9.02. The number of hydrogen-bond donors (Lipinski definition) is 1. The molecule has 2 nitrogen and oxygen atoms in total. The molecule has 0 radical (unpaired) electrons. The lowest BCUT2D eigenvalue weighted by molar-refractivity contribution is 0.217. The lowest BCUT2D eigenvalue weighted by Gasteiger charge is -2.13. The number of fused-ring (bicyclic) bond motifs is 1. The number of aliphatic hydroxyl groups excluding tert-OH is 1. The van der Waals surface area contributed by atoms with Crippen molar-refractivity contribution in [2.45, 2.75) is 12.5 Å². The van der Waals surface area contributed by atoms with Gasteiger partial charge in [0.25, 0.3) is 0 Å². The fraction of sp³-hybridized carbons (Fsp3) is 0.231. The van der Waals surface area contributed by atoms with Gasteiger partial charge in [0.2, 0.25) is 0 Å². The van der Waals surface area contributed by atoms with Crippen molar-refractivity contribution in [2.24, 2.45) is 0 Å². The normalized spacial score (nSPS) is 15.4. The number of hydrogen-bond acceptors (Lipinski definition) is 3. The lowest BCUT2D eigenvalue weighted by Crippen LogP contribution is -2.00. The summed E-state index contributed by atoms with van der Waals surface area (Å²) < 4.78 is 6.64. The minimum absolute atomic E-state index is 0.598. The van der Waals surface area contributed by atoms with E-state index in [2.05, 4.69) is 22.0 Å². The van der Waals surface area contributed by atoms with Crippen molar-refractivity contribution < 1.29 is 9.84 Å². The van der Waals surface area contributed by atoms with Crippen LogP contribution in [0.2, 0.25) is 0 Å². The maximum atomic E-state index is 10.4. The quantitative estimate of drug-likeness (QED) is 0.919. The van der Waals surface area contributed by atoms with E-state index in [4.69, 9.17) is 4.74 Å². The van der Waals surface area contributed by atoms with Gasteiger partial charge in [-0.05, 0) is 33.6 Å². The average Bonchev–Trinajstić information content (AvgIpc) is 2.95. The van der Waals surface area contributed by atoms with Crippen molar-refractivity contribution in [2.75, 3.05) is 6.61 Å². The van der Waals surface area contributed by atoms with Gasteiger partial charge in [0.05, 0.1) is 10.4 Å². The highest BCUT2D eigenvalue weighted by Gasteiger charge is 2.22. The van der Waals surface area contributed by atoms with Crippen LogP contribution in [0.15, 0.2) is 34.1 Å². The predicted molar refractivity (Wildman–Crippen MR) is 71.7 cm³/mol. The third kappa shape index (κ3) is 2.01. The smallest absolute Gasteiger partial charge is 0.128 e. The van der Waals surface area contributed by atoms with E-state index in [0.717, 1.165) is 26.4 Å². The van der Waals surface area contributed by atoms with Crippen LogP contribution in [-0.2, 0) is 6.42 Å². The van der Waals surface area contributed by atoms with Crippen LogP contribution in [0.4, 0.5) is 0 Å². The topological polar surface area (TPSA) is 29.5 Å². The molecule has 1 aromatic carbocycles. The highest BCUT2D eigenvalue weighted by molar-refractivity contribution is 9.11. The SMILES string of the molecule is OC(c1ccc(Br)s1)c1cccc2c1OCC2. The molecule has 17 heavy (non-hydrogen) atoms. The molecule has 1 aromatic heterocycles. The second-order valence-corrected chi connectivity index (χ2v) is 6.47. The Hall–Kier alpha value is -0.840. The average molecular weight is 311 g/mol. The first-order valence-corrected chi connectivity index (χ1v) is 7.04. The van der Waals surface area contributed by atoms with Crippen LogP contribution in [0.5, 0.6) is 5.75 Å². The molecule has 1 atom stereocenters. The first-order chi connectivity index (χ1) is 8.25. The van der Waals surface area contributed by atoms with Gasteiger partial charge in [0.1, 0.15) is 11.9 Å². The number of ether oxygens (including phenoxy) is 1. The zero-order chi connectivity index (χ0) is 11.8. The molecule has 2 aromatic rings. The van der Waals surface area contributed by atoms with Crippen LogP contribution >= 0.6 is 27.3 Å². The van der Waals surface area contributed by atoms with Crippen LogP contribution in [0.1, 0.15) is 22.1 Å². The van der Waals surface area contributed by atoms with Crippen molar-refractivity contribution in [3.8, 4) is 5.75 Å². The van der Waals surface area contributed by atoms with Gasteiger partial charge >= 0.3 is 0 Å². The summed E-state index contributed by atoms with van der Waals surface area (Å²) in [5.41, 5.74) is 2.06. The molecule has 3 rings (SSSR count). The van der Waals surface area contributed by atoms with E-state index in [-0.39, 0.29) is 0 Å². The Kier molecular flexibility index (Phi) is 2.94. The summed E-state index contributed by atoms with van der Waals surface area (Å²) in [6.07, 6.45) is 0.337. The predicted octanol–water partition coefficient (Wildman–Crippen LogP) is 3.53. The molecule has 0 spiro atoms. The standard InChI is InChI=1S/C13H11BrO2S/c14-11-5-4-10(17-11)12(15)9-3-1-2-8-6-7-16-13(8)9/h1-5,12,15H,6-7H2. The fourth-order valence-corrected chi connectivity index (χ4v) is 3.51. The molecule has 0 amide bonds. The number of halogens is 1. The van der Waals surface area contributed by atoms with Crippen LogP contribution in [0.25, 0.3) is 0 Å². The minimum Gasteiger partial charge on any atom is -0.493 e. The van der Waals surface area contributed by atoms with Crippen LogP contribution in [0, 0.1) is 0 Å². The molecular weight excluding hydrogens is 300 g/mol. The van der Waals surface area contributed by atoms with E-state index in [9.17, 15) is 5.11 Å². The largest absolute Gasteiger partial charge is 0.493 e. The van der Waals surface area contributed by atoms with Crippen molar-refractivity contribution in [1.29, 1.82) is 0 Å². The molecule has 0 bridgehead atoms. The number of para-hydroxylation sites is 1. The summed E-state index contributed by atoms with van der Waals surface area (Å²) in [6, 6.07) is 9.86. The highest BCUT2D eigenvalue weighted by atomic mass is 79.9. The highest BCUT2D eigenvalue weighted by Crippen LogP contribution is 2.38. The van der Waals surface area contributed by atoms with Gasteiger partial charge in [-0.25, -0.2) is 0 Å². The number of aliphatic hydroxyl groups is 1. The summed E-state index contributed by atoms with van der Waals surface area (Å²) >= 11 is 4.96. The molecule has 1 aliphatic heterocycles. The molecule has 0 aliphatic carbocycles. The van der Waals surface area contributed by atoms with E-state index in [1.54, 1.807) is 11.3 Å². The summed E-state index contributed by atoms with van der Waals surface area (Å²) in [4.78, 5) is 0.931. The Balaban J connectivity index is 2.02. The second kappa shape index (κ2) is 4.44. The molecule has 0 saturated carbocycles. The molecule has 1 N–H and O–H groups in total. The van der Waals surface area contributed by atoms with Gasteiger partial charge in [-0.1, -0.05) is 18.2 Å². The number of benzene rings is 1. The van der Waals surface area contributed by atoms with Crippen molar-refractivity contribution in [3.05, 3.63) is 50.1 Å². The zero-order valence-corrected chi connectivity index (χ0v) is 11.4. The first kappa shape index (κ1) is 11.3. The Morgan fingerprint density at radius 1 is 1.29 bits per heavy atom. The van der Waals surface area contributed by atoms with E-state index < -0.39 is 6.10 Å².